The topological polar surface area (TPSA) is 56.7 Å². The van der Waals surface area contributed by atoms with E-state index in [-0.39, 0.29) is 27.6 Å². The molecule has 0 saturated heterocycles. The molecule has 0 spiro atoms. The molecule has 0 aliphatic carbocycles. The number of rotatable bonds is 6. The molecule has 0 aliphatic heterocycles. The van der Waals surface area contributed by atoms with Crippen LogP contribution in [0.2, 0.25) is 0 Å². The quantitative estimate of drug-likeness (QED) is 0.171. The van der Waals surface area contributed by atoms with Gasteiger partial charge in [-0.2, -0.15) is 0 Å². The van der Waals surface area contributed by atoms with E-state index < -0.39 is 48.3 Å². The van der Waals surface area contributed by atoms with E-state index in [1.165, 1.54) is 4.57 Å². The first-order chi connectivity index (χ1) is 31.1. The summed E-state index contributed by atoms with van der Waals surface area (Å²) in [4.78, 5) is 15.2. The molecule has 0 amide bonds. The standard InChI is InChI=1S/C51H32N4O/c1-3-15-33(16-4-1)35-19-13-20-37(31-35)50-52-49(34-17-5-2-6-18-34)53-51(54-50)41-30-29-36(38-24-14-28-47-48(38)42-23-9-12-27-46(42)56-47)32-45(41)55-43-25-10-7-21-39(43)40-22-8-11-26-44(40)55/h1-32H/i7D,8D,10D,11D,21D,22D,25D,26D. The van der Waals surface area contributed by atoms with Gasteiger partial charge in [-0.3, -0.25) is 0 Å². The molecule has 0 saturated carbocycles. The summed E-state index contributed by atoms with van der Waals surface area (Å²) in [6.07, 6.45) is 0. The lowest BCUT2D eigenvalue weighted by Gasteiger charge is -2.17. The van der Waals surface area contributed by atoms with Gasteiger partial charge in [0.1, 0.15) is 11.2 Å². The number of furan rings is 1. The van der Waals surface area contributed by atoms with Crippen molar-refractivity contribution in [2.24, 2.45) is 0 Å². The summed E-state index contributed by atoms with van der Waals surface area (Å²) < 4.78 is 79.9. The minimum absolute atomic E-state index is 0.0218. The Bertz CT molecular complexity index is 3640. The van der Waals surface area contributed by atoms with Crippen LogP contribution in [0, 0.1) is 0 Å². The van der Waals surface area contributed by atoms with Gasteiger partial charge in [0.25, 0.3) is 0 Å². The minimum Gasteiger partial charge on any atom is -0.456 e. The molecular weight excluding hydrogens is 685 g/mol. The molecule has 262 valence electrons. The smallest absolute Gasteiger partial charge is 0.166 e. The fourth-order valence-corrected chi connectivity index (χ4v) is 7.56. The van der Waals surface area contributed by atoms with Gasteiger partial charge in [0.2, 0.25) is 0 Å². The summed E-state index contributed by atoms with van der Waals surface area (Å²) in [5.74, 6) is 0.970. The van der Waals surface area contributed by atoms with Crippen LogP contribution in [0.25, 0.3) is 106 Å². The first-order valence-electron chi connectivity index (χ1n) is 22.1. The zero-order valence-electron chi connectivity index (χ0n) is 37.6. The molecule has 5 nitrogen and oxygen atoms in total. The third kappa shape index (κ3) is 5.29. The zero-order valence-corrected chi connectivity index (χ0v) is 29.6. The van der Waals surface area contributed by atoms with Gasteiger partial charge in [0, 0.05) is 38.2 Å². The van der Waals surface area contributed by atoms with E-state index in [0.29, 0.717) is 39.6 Å². The van der Waals surface area contributed by atoms with E-state index in [4.69, 9.17) is 27.6 Å². The number of benzene rings is 8. The first-order valence-corrected chi connectivity index (χ1v) is 18.1. The summed E-state index contributed by atoms with van der Waals surface area (Å²) >= 11 is 0. The Morgan fingerprint density at radius 1 is 0.411 bits per heavy atom. The van der Waals surface area contributed by atoms with Gasteiger partial charge in [-0.25, -0.2) is 15.0 Å². The van der Waals surface area contributed by atoms with Crippen molar-refractivity contribution < 1.29 is 15.4 Å². The Kier molecular flexibility index (Phi) is 5.74. The van der Waals surface area contributed by atoms with Crippen LogP contribution in [0.15, 0.2) is 198 Å². The Morgan fingerprint density at radius 2 is 1.00 bits per heavy atom. The summed E-state index contributed by atoms with van der Waals surface area (Å²) in [7, 11) is 0. The number of hydrogen-bond acceptors (Lipinski definition) is 4. The third-order valence-electron chi connectivity index (χ3n) is 10.1. The SMILES string of the molecule is [2H]c1c([2H])c([2H])c2c(c1[2H])c1c([2H])c([2H])c([2H])c([2H])c1n2-c1cc(-c2cccc3oc4ccccc4c23)ccc1-c1nc(-c2ccccc2)nc(-c2cccc(-c3ccccc3)c2)n1. The largest absolute Gasteiger partial charge is 0.456 e. The molecule has 0 unspecified atom stereocenters. The van der Waals surface area contributed by atoms with Crippen molar-refractivity contribution in [1.82, 2.24) is 19.5 Å². The maximum absolute atomic E-state index is 9.37. The molecule has 5 heteroatoms. The van der Waals surface area contributed by atoms with Crippen molar-refractivity contribution in [3.8, 4) is 62.1 Å². The average molecular weight is 725 g/mol. The van der Waals surface area contributed by atoms with Crippen molar-refractivity contribution in [2.75, 3.05) is 0 Å². The second kappa shape index (κ2) is 13.0. The molecule has 0 bridgehead atoms. The van der Waals surface area contributed by atoms with E-state index in [0.717, 1.165) is 38.6 Å². The van der Waals surface area contributed by atoms with Crippen molar-refractivity contribution in [3.63, 3.8) is 0 Å². The van der Waals surface area contributed by atoms with E-state index in [1.807, 2.05) is 146 Å². The number of nitrogens with zero attached hydrogens (tertiary/aromatic N) is 4. The Morgan fingerprint density at radius 3 is 1.77 bits per heavy atom. The van der Waals surface area contributed by atoms with Gasteiger partial charge in [-0.1, -0.05) is 152 Å². The molecule has 56 heavy (non-hydrogen) atoms. The Balaban J connectivity index is 1.28. The fraction of sp³-hybridized carbons (Fsp3) is 0. The number of fused-ring (bicyclic) bond motifs is 6. The van der Waals surface area contributed by atoms with E-state index in [1.54, 1.807) is 0 Å². The maximum Gasteiger partial charge on any atom is 0.166 e. The Hall–Kier alpha value is -7.63. The lowest BCUT2D eigenvalue weighted by atomic mass is 9.97. The van der Waals surface area contributed by atoms with Crippen molar-refractivity contribution in [2.45, 2.75) is 0 Å². The molecular formula is C51H32N4O. The van der Waals surface area contributed by atoms with Crippen LogP contribution in [0.5, 0.6) is 0 Å². The summed E-state index contributed by atoms with van der Waals surface area (Å²) in [5.41, 5.74) is 6.97. The maximum atomic E-state index is 9.37. The van der Waals surface area contributed by atoms with Crippen LogP contribution < -0.4 is 0 Å². The lowest BCUT2D eigenvalue weighted by Crippen LogP contribution is -2.04. The van der Waals surface area contributed by atoms with E-state index in [2.05, 4.69) is 0 Å². The zero-order chi connectivity index (χ0) is 44.0. The van der Waals surface area contributed by atoms with Crippen LogP contribution in [0.1, 0.15) is 11.0 Å². The van der Waals surface area contributed by atoms with Gasteiger partial charge in [0.15, 0.2) is 17.5 Å². The normalized spacial score (nSPS) is 13.6. The van der Waals surface area contributed by atoms with Gasteiger partial charge < -0.3 is 8.98 Å². The lowest BCUT2D eigenvalue weighted by molar-refractivity contribution is 0.669. The van der Waals surface area contributed by atoms with Crippen LogP contribution in [0.4, 0.5) is 0 Å². The van der Waals surface area contributed by atoms with Crippen molar-refractivity contribution in [1.29, 1.82) is 0 Å². The van der Waals surface area contributed by atoms with Crippen molar-refractivity contribution in [3.05, 3.63) is 194 Å². The van der Waals surface area contributed by atoms with Gasteiger partial charge in [-0.05, 0) is 64.7 Å². The molecule has 3 aromatic heterocycles. The van der Waals surface area contributed by atoms with Crippen molar-refractivity contribution >= 4 is 43.7 Å². The van der Waals surface area contributed by atoms with Crippen LogP contribution in [-0.4, -0.2) is 19.5 Å². The summed E-state index contributed by atoms with van der Waals surface area (Å²) in [5, 5.41) is 1.68. The molecule has 11 aromatic rings. The average Bonchev–Trinajstić information content (AvgIpc) is 3.91. The molecule has 0 radical (unpaired) electrons. The monoisotopic (exact) mass is 724 g/mol. The summed E-state index contributed by atoms with van der Waals surface area (Å²) in [6, 6.07) is 42.8. The van der Waals surface area contributed by atoms with Gasteiger partial charge >= 0.3 is 0 Å². The highest BCUT2D eigenvalue weighted by Gasteiger charge is 2.21. The highest BCUT2D eigenvalue weighted by atomic mass is 16.3. The second-order valence-electron chi connectivity index (χ2n) is 13.4. The van der Waals surface area contributed by atoms with Crippen LogP contribution in [0.3, 0.4) is 0 Å². The molecule has 0 aliphatic rings. The first kappa shape index (κ1) is 24.6. The molecule has 11 rings (SSSR count). The van der Waals surface area contributed by atoms with E-state index >= 15 is 0 Å². The molecule has 0 atom stereocenters. The predicted octanol–water partition coefficient (Wildman–Crippen LogP) is 13.2. The molecule has 8 aromatic carbocycles. The van der Waals surface area contributed by atoms with Gasteiger partial charge in [-0.15, -0.1) is 0 Å². The second-order valence-corrected chi connectivity index (χ2v) is 13.4. The number of hydrogen-bond donors (Lipinski definition) is 0. The number of aromatic nitrogens is 4. The minimum atomic E-state index is -0.524. The van der Waals surface area contributed by atoms with Crippen LogP contribution >= 0.6 is 0 Å². The fourth-order valence-electron chi connectivity index (χ4n) is 7.56. The van der Waals surface area contributed by atoms with Crippen LogP contribution in [-0.2, 0) is 0 Å². The highest BCUT2D eigenvalue weighted by Crippen LogP contribution is 2.41. The third-order valence-corrected chi connectivity index (χ3v) is 10.1. The highest BCUT2D eigenvalue weighted by molar-refractivity contribution is 6.13. The van der Waals surface area contributed by atoms with E-state index in [9.17, 15) is 2.74 Å². The number of para-hydroxylation sites is 3. The molecule has 3 heterocycles. The summed E-state index contributed by atoms with van der Waals surface area (Å²) in [6.45, 7) is 0. The molecule has 0 N–H and O–H groups in total. The predicted molar refractivity (Wildman–Crippen MR) is 229 cm³/mol. The van der Waals surface area contributed by atoms with Gasteiger partial charge in [0.05, 0.1) is 27.7 Å². The molecule has 0 fully saturated rings. The Labute approximate surface area is 334 Å².